The van der Waals surface area contributed by atoms with Gasteiger partial charge in [-0.15, -0.1) is 0 Å². The van der Waals surface area contributed by atoms with Crippen molar-refractivity contribution in [2.24, 2.45) is 0 Å². The summed E-state index contributed by atoms with van der Waals surface area (Å²) in [4.78, 5) is 1.36. The monoisotopic (exact) mass is 492 g/mol. The van der Waals surface area contributed by atoms with Gasteiger partial charge >= 0.3 is 0 Å². The molecular weight excluding hydrogens is 464 g/mol. The average molecular weight is 493 g/mol. The van der Waals surface area contributed by atoms with Crippen molar-refractivity contribution in [2.45, 2.75) is 37.5 Å². The van der Waals surface area contributed by atoms with Crippen molar-refractivity contribution in [3.63, 3.8) is 0 Å². The molecule has 4 nitrogen and oxygen atoms in total. The standard InChI is InChI=1S/2C14H14O2S/c1-11-3-7-13(8-4-11)16-17(15)14-9-5-12(2)6-10-14;1-11-5-3-7-13(9-11)16-17(15)14-8-4-6-12(2)10-14/h2*3-10H,1-2H3. The molecule has 0 N–H and O–H groups in total. The second kappa shape index (κ2) is 12.3. The molecule has 0 amide bonds. The quantitative estimate of drug-likeness (QED) is 0.297. The number of rotatable bonds is 6. The molecule has 4 aromatic carbocycles. The fourth-order valence-corrected chi connectivity index (χ4v) is 4.49. The lowest BCUT2D eigenvalue weighted by Gasteiger charge is -2.05. The molecule has 34 heavy (non-hydrogen) atoms. The molecule has 2 unspecified atom stereocenters. The molecule has 4 rings (SSSR count). The summed E-state index contributed by atoms with van der Waals surface area (Å²) < 4.78 is 34.6. The smallest absolute Gasteiger partial charge is 0.240 e. The first-order valence-corrected chi connectivity index (χ1v) is 12.9. The van der Waals surface area contributed by atoms with E-state index >= 15 is 0 Å². The molecule has 0 aliphatic rings. The zero-order valence-corrected chi connectivity index (χ0v) is 21.3. The van der Waals surface area contributed by atoms with E-state index in [1.807, 2.05) is 113 Å². The molecule has 4 aromatic rings. The minimum absolute atomic E-state index is 0.620. The Morgan fingerprint density at radius 2 is 0.971 bits per heavy atom. The second-order valence-electron chi connectivity index (χ2n) is 7.90. The summed E-state index contributed by atoms with van der Waals surface area (Å²) in [6, 6.07) is 30.0. The van der Waals surface area contributed by atoms with Gasteiger partial charge in [-0.2, -0.15) is 0 Å². The highest BCUT2D eigenvalue weighted by Gasteiger charge is 2.07. The lowest BCUT2D eigenvalue weighted by molar-refractivity contribution is 0.560. The van der Waals surface area contributed by atoms with Crippen LogP contribution < -0.4 is 8.37 Å². The molecule has 6 heteroatoms. The largest absolute Gasteiger partial charge is 0.397 e. The molecule has 0 aliphatic heterocycles. The maximum Gasteiger partial charge on any atom is 0.240 e. The van der Waals surface area contributed by atoms with E-state index in [0.29, 0.717) is 21.3 Å². The molecule has 176 valence electrons. The predicted octanol–water partition coefficient (Wildman–Crippen LogP) is 6.81. The minimum Gasteiger partial charge on any atom is -0.397 e. The summed E-state index contributed by atoms with van der Waals surface area (Å²) >= 11 is -2.90. The van der Waals surface area contributed by atoms with Crippen molar-refractivity contribution in [3.05, 3.63) is 119 Å². The van der Waals surface area contributed by atoms with Crippen LogP contribution in [0.15, 0.2) is 107 Å². The minimum atomic E-state index is -1.45. The van der Waals surface area contributed by atoms with E-state index in [-0.39, 0.29) is 0 Å². The second-order valence-corrected chi connectivity index (χ2v) is 10.1. The van der Waals surface area contributed by atoms with Crippen LogP contribution in [0.5, 0.6) is 11.5 Å². The molecule has 0 saturated carbocycles. The summed E-state index contributed by atoms with van der Waals surface area (Å²) in [5.41, 5.74) is 4.45. The van der Waals surface area contributed by atoms with Gasteiger partial charge in [0.05, 0.1) is 9.79 Å². The van der Waals surface area contributed by atoms with E-state index in [1.54, 1.807) is 12.1 Å². The molecule has 0 aliphatic carbocycles. The van der Waals surface area contributed by atoms with E-state index in [4.69, 9.17) is 8.37 Å². The van der Waals surface area contributed by atoms with Crippen molar-refractivity contribution in [3.8, 4) is 11.5 Å². The van der Waals surface area contributed by atoms with Crippen molar-refractivity contribution < 1.29 is 16.8 Å². The SMILES string of the molecule is Cc1ccc(OS(=O)c2ccc(C)cc2)cc1.Cc1cccc(OS(=O)c2cccc(C)c2)c1. The van der Waals surface area contributed by atoms with Crippen molar-refractivity contribution in [1.29, 1.82) is 0 Å². The summed E-state index contributed by atoms with van der Waals surface area (Å²) in [6.45, 7) is 7.93. The third-order valence-corrected chi connectivity index (χ3v) is 6.73. The predicted molar refractivity (Wildman–Crippen MR) is 139 cm³/mol. The van der Waals surface area contributed by atoms with Gasteiger partial charge in [0, 0.05) is 0 Å². The third-order valence-electron chi connectivity index (χ3n) is 4.75. The fourth-order valence-electron chi connectivity index (χ4n) is 2.90. The Kier molecular flexibility index (Phi) is 9.19. The van der Waals surface area contributed by atoms with Gasteiger partial charge in [-0.25, -0.2) is 8.42 Å². The Hall–Kier alpha value is -3.22. The molecule has 0 spiro atoms. The van der Waals surface area contributed by atoms with Crippen molar-refractivity contribution >= 4 is 22.2 Å². The van der Waals surface area contributed by atoms with Crippen LogP contribution in [0.3, 0.4) is 0 Å². The molecule has 0 bridgehead atoms. The molecule has 0 radical (unpaired) electrons. The van der Waals surface area contributed by atoms with Gasteiger partial charge in [0.2, 0.25) is 22.2 Å². The summed E-state index contributed by atoms with van der Waals surface area (Å²) in [7, 11) is 0. The van der Waals surface area contributed by atoms with Gasteiger partial charge < -0.3 is 8.37 Å². The summed E-state index contributed by atoms with van der Waals surface area (Å²) in [5.74, 6) is 1.25. The summed E-state index contributed by atoms with van der Waals surface area (Å²) in [5, 5.41) is 0. The fraction of sp³-hybridized carbons (Fsp3) is 0.143. The van der Waals surface area contributed by atoms with Crippen LogP contribution in [0.2, 0.25) is 0 Å². The highest BCUT2D eigenvalue weighted by Crippen LogP contribution is 2.18. The van der Waals surface area contributed by atoms with Crippen LogP contribution in [-0.2, 0) is 22.2 Å². The van der Waals surface area contributed by atoms with Gasteiger partial charge in [-0.05, 0) is 87.4 Å². The van der Waals surface area contributed by atoms with Crippen LogP contribution in [0.4, 0.5) is 0 Å². The normalized spacial score (nSPS) is 12.1. The van der Waals surface area contributed by atoms with Crippen LogP contribution in [0, 0.1) is 27.7 Å². The molecule has 0 aromatic heterocycles. The highest BCUT2D eigenvalue weighted by atomic mass is 32.2. The van der Waals surface area contributed by atoms with E-state index in [9.17, 15) is 8.42 Å². The van der Waals surface area contributed by atoms with Crippen molar-refractivity contribution in [2.75, 3.05) is 0 Å². The first-order chi connectivity index (χ1) is 16.3. The zero-order valence-electron chi connectivity index (χ0n) is 19.7. The lowest BCUT2D eigenvalue weighted by atomic mass is 10.2. The number of hydrogen-bond acceptors (Lipinski definition) is 4. The Bertz CT molecular complexity index is 1270. The van der Waals surface area contributed by atoms with Gasteiger partial charge in [0.15, 0.2) is 0 Å². The maximum atomic E-state index is 12.0. The number of hydrogen-bond donors (Lipinski definition) is 0. The zero-order chi connectivity index (χ0) is 24.5. The van der Waals surface area contributed by atoms with Crippen molar-refractivity contribution in [1.82, 2.24) is 0 Å². The van der Waals surface area contributed by atoms with Gasteiger partial charge in [0.1, 0.15) is 11.5 Å². The average Bonchev–Trinajstić information content (AvgIpc) is 2.81. The maximum absolute atomic E-state index is 12.0. The highest BCUT2D eigenvalue weighted by molar-refractivity contribution is 7.80. The lowest BCUT2D eigenvalue weighted by Crippen LogP contribution is -2.01. The molecule has 0 saturated heterocycles. The van der Waals surface area contributed by atoms with Gasteiger partial charge in [-0.3, -0.25) is 0 Å². The van der Waals surface area contributed by atoms with Crippen LogP contribution >= 0.6 is 0 Å². The van der Waals surface area contributed by atoms with Crippen LogP contribution in [0.25, 0.3) is 0 Å². The van der Waals surface area contributed by atoms with Gasteiger partial charge in [-0.1, -0.05) is 59.7 Å². The number of aryl methyl sites for hydroxylation is 4. The topological polar surface area (TPSA) is 52.6 Å². The van der Waals surface area contributed by atoms with Crippen LogP contribution in [-0.4, -0.2) is 8.42 Å². The molecule has 0 fully saturated rings. The summed E-state index contributed by atoms with van der Waals surface area (Å²) in [6.07, 6.45) is 0. The van der Waals surface area contributed by atoms with Gasteiger partial charge in [0.25, 0.3) is 0 Å². The van der Waals surface area contributed by atoms with E-state index in [0.717, 1.165) is 22.3 Å². The van der Waals surface area contributed by atoms with E-state index < -0.39 is 22.2 Å². The Labute approximate surface area is 206 Å². The Morgan fingerprint density at radius 3 is 1.56 bits per heavy atom. The molecule has 0 heterocycles. The molecular formula is C28H28O4S2. The first-order valence-electron chi connectivity index (χ1n) is 10.8. The molecule has 2 atom stereocenters. The Morgan fingerprint density at radius 1 is 0.471 bits per heavy atom. The van der Waals surface area contributed by atoms with E-state index in [1.165, 1.54) is 0 Å². The Balaban J connectivity index is 0.000000191. The number of benzene rings is 4. The first kappa shape index (κ1) is 25.4. The van der Waals surface area contributed by atoms with Crippen LogP contribution in [0.1, 0.15) is 22.3 Å². The third kappa shape index (κ3) is 7.97. The van der Waals surface area contributed by atoms with E-state index in [2.05, 4.69) is 0 Å².